The topological polar surface area (TPSA) is 63.2 Å². The third-order valence-corrected chi connectivity index (χ3v) is 4.67. The van der Waals surface area contributed by atoms with E-state index < -0.39 is 5.60 Å². The summed E-state index contributed by atoms with van der Waals surface area (Å²) in [4.78, 5) is 11.6. The van der Waals surface area contributed by atoms with E-state index in [4.69, 9.17) is 23.7 Å². The molecule has 0 aliphatic carbocycles. The predicted octanol–water partition coefficient (Wildman–Crippen LogP) is 3.55. The van der Waals surface area contributed by atoms with Crippen molar-refractivity contribution in [3.63, 3.8) is 0 Å². The van der Waals surface area contributed by atoms with Gasteiger partial charge in [0.25, 0.3) is 0 Å². The van der Waals surface area contributed by atoms with Crippen molar-refractivity contribution >= 4 is 5.97 Å². The van der Waals surface area contributed by atoms with Crippen LogP contribution in [-0.2, 0) is 25.6 Å². The molecule has 0 aromatic heterocycles. The number of benzene rings is 2. The molecule has 6 heteroatoms. The zero-order valence-corrected chi connectivity index (χ0v) is 16.8. The van der Waals surface area contributed by atoms with E-state index in [1.807, 2.05) is 54.6 Å². The molecule has 2 aromatic rings. The molecule has 1 aliphatic heterocycles. The standard InChI is InChI=1S/C23H26O6/c1-25-20-8-10-21(11-9-20)28-17-23(13-19(15-29-23)12-22(24)26-2)16-27-14-18-6-4-3-5-7-18/h3-12H,13-17H2,1-2H3/b19-12+. The van der Waals surface area contributed by atoms with Gasteiger partial charge in [-0.3, -0.25) is 0 Å². The van der Waals surface area contributed by atoms with E-state index in [1.165, 1.54) is 13.2 Å². The summed E-state index contributed by atoms with van der Waals surface area (Å²) in [7, 11) is 2.98. The van der Waals surface area contributed by atoms with Crippen molar-refractivity contribution in [1.29, 1.82) is 0 Å². The molecule has 29 heavy (non-hydrogen) atoms. The van der Waals surface area contributed by atoms with Crippen molar-refractivity contribution in [2.75, 3.05) is 34.0 Å². The Morgan fingerprint density at radius 1 is 1.03 bits per heavy atom. The smallest absolute Gasteiger partial charge is 0.330 e. The Bertz CT molecular complexity index is 815. The second-order valence-corrected chi connectivity index (χ2v) is 6.92. The highest BCUT2D eigenvalue weighted by molar-refractivity contribution is 5.82. The minimum absolute atomic E-state index is 0.298. The summed E-state index contributed by atoms with van der Waals surface area (Å²) < 4.78 is 27.9. The van der Waals surface area contributed by atoms with E-state index in [-0.39, 0.29) is 5.97 Å². The number of carbonyl (C=O) groups is 1. The van der Waals surface area contributed by atoms with Crippen LogP contribution in [0.3, 0.4) is 0 Å². The quantitative estimate of drug-likeness (QED) is 0.476. The first kappa shape index (κ1) is 20.9. The van der Waals surface area contributed by atoms with Gasteiger partial charge in [0.1, 0.15) is 23.7 Å². The van der Waals surface area contributed by atoms with Crippen LogP contribution < -0.4 is 9.47 Å². The van der Waals surface area contributed by atoms with Crippen molar-refractivity contribution < 1.29 is 28.5 Å². The lowest BCUT2D eigenvalue weighted by Gasteiger charge is -2.28. The van der Waals surface area contributed by atoms with Gasteiger partial charge in [-0.15, -0.1) is 0 Å². The van der Waals surface area contributed by atoms with Gasteiger partial charge in [0.2, 0.25) is 0 Å². The van der Waals surface area contributed by atoms with E-state index in [0.29, 0.717) is 38.6 Å². The summed E-state index contributed by atoms with van der Waals surface area (Å²) in [5, 5.41) is 0. The monoisotopic (exact) mass is 398 g/mol. The number of ether oxygens (including phenoxy) is 5. The van der Waals surface area contributed by atoms with Crippen LogP contribution in [0.15, 0.2) is 66.2 Å². The highest BCUT2D eigenvalue weighted by Crippen LogP contribution is 2.32. The Morgan fingerprint density at radius 2 is 1.76 bits per heavy atom. The average molecular weight is 398 g/mol. The zero-order chi connectivity index (χ0) is 20.5. The van der Waals surface area contributed by atoms with Gasteiger partial charge in [0.15, 0.2) is 0 Å². The number of hydrogen-bond acceptors (Lipinski definition) is 6. The van der Waals surface area contributed by atoms with Gasteiger partial charge >= 0.3 is 5.97 Å². The fourth-order valence-electron chi connectivity index (χ4n) is 3.12. The molecule has 0 N–H and O–H groups in total. The van der Waals surface area contributed by atoms with Gasteiger partial charge in [-0.05, 0) is 35.4 Å². The average Bonchev–Trinajstić information content (AvgIpc) is 3.16. The minimum Gasteiger partial charge on any atom is -0.497 e. The molecule has 0 radical (unpaired) electrons. The Morgan fingerprint density at radius 3 is 2.45 bits per heavy atom. The van der Waals surface area contributed by atoms with E-state index in [1.54, 1.807) is 7.11 Å². The lowest BCUT2D eigenvalue weighted by Crippen LogP contribution is -2.40. The van der Waals surface area contributed by atoms with Crippen molar-refractivity contribution in [3.8, 4) is 11.5 Å². The third kappa shape index (κ3) is 6.07. The molecule has 3 rings (SSSR count). The van der Waals surface area contributed by atoms with Crippen LogP contribution in [-0.4, -0.2) is 45.6 Å². The van der Waals surface area contributed by atoms with Gasteiger partial charge < -0.3 is 23.7 Å². The predicted molar refractivity (Wildman–Crippen MR) is 108 cm³/mol. The first-order valence-corrected chi connectivity index (χ1v) is 9.42. The Labute approximate surface area is 171 Å². The first-order valence-electron chi connectivity index (χ1n) is 9.42. The van der Waals surface area contributed by atoms with E-state index in [9.17, 15) is 4.79 Å². The number of carbonyl (C=O) groups excluding carboxylic acids is 1. The molecule has 1 saturated heterocycles. The van der Waals surface area contributed by atoms with Crippen LogP contribution in [0.4, 0.5) is 0 Å². The number of hydrogen-bond donors (Lipinski definition) is 0. The summed E-state index contributed by atoms with van der Waals surface area (Å²) in [6.07, 6.45) is 2.01. The molecule has 0 spiro atoms. The maximum atomic E-state index is 11.6. The van der Waals surface area contributed by atoms with Gasteiger partial charge in [0, 0.05) is 12.5 Å². The van der Waals surface area contributed by atoms with Crippen LogP contribution in [0.1, 0.15) is 12.0 Å². The first-order chi connectivity index (χ1) is 14.1. The summed E-state index contributed by atoms with van der Waals surface area (Å²) in [6.45, 7) is 1.46. The lowest BCUT2D eigenvalue weighted by molar-refractivity contribution is -0.134. The van der Waals surface area contributed by atoms with Gasteiger partial charge in [-0.25, -0.2) is 4.79 Å². The van der Waals surface area contributed by atoms with Crippen LogP contribution in [0.2, 0.25) is 0 Å². The molecule has 154 valence electrons. The number of rotatable bonds is 9. The Kier molecular flexibility index (Phi) is 7.27. The highest BCUT2D eigenvalue weighted by atomic mass is 16.6. The number of methoxy groups -OCH3 is 2. The van der Waals surface area contributed by atoms with Gasteiger partial charge in [0.05, 0.1) is 34.0 Å². The molecule has 2 aromatic carbocycles. The summed E-state index contributed by atoms with van der Waals surface area (Å²) in [6, 6.07) is 17.3. The summed E-state index contributed by atoms with van der Waals surface area (Å²) >= 11 is 0. The van der Waals surface area contributed by atoms with Gasteiger partial charge in [-0.1, -0.05) is 30.3 Å². The largest absolute Gasteiger partial charge is 0.497 e. The van der Waals surface area contributed by atoms with Crippen LogP contribution in [0.25, 0.3) is 0 Å². The normalized spacial score (nSPS) is 19.9. The molecule has 0 saturated carbocycles. The van der Waals surface area contributed by atoms with Crippen LogP contribution in [0, 0.1) is 0 Å². The summed E-state index contributed by atoms with van der Waals surface area (Å²) in [5.41, 5.74) is 1.27. The van der Waals surface area contributed by atoms with Crippen molar-refractivity contribution in [2.24, 2.45) is 0 Å². The van der Waals surface area contributed by atoms with Gasteiger partial charge in [-0.2, -0.15) is 0 Å². The molecule has 0 bridgehead atoms. The summed E-state index contributed by atoms with van der Waals surface area (Å²) in [5.74, 6) is 1.08. The fraction of sp³-hybridized carbons (Fsp3) is 0.348. The second kappa shape index (κ2) is 10.1. The minimum atomic E-state index is -0.672. The highest BCUT2D eigenvalue weighted by Gasteiger charge is 2.39. The Balaban J connectivity index is 1.65. The molecule has 0 amide bonds. The zero-order valence-electron chi connectivity index (χ0n) is 16.8. The lowest BCUT2D eigenvalue weighted by atomic mass is 9.99. The maximum Gasteiger partial charge on any atom is 0.330 e. The van der Waals surface area contributed by atoms with E-state index in [2.05, 4.69) is 0 Å². The Hall–Kier alpha value is -2.83. The molecule has 6 nitrogen and oxygen atoms in total. The molecule has 1 unspecified atom stereocenters. The van der Waals surface area contributed by atoms with Crippen LogP contribution >= 0.6 is 0 Å². The van der Waals surface area contributed by atoms with Crippen molar-refractivity contribution in [3.05, 3.63) is 71.8 Å². The molecular weight excluding hydrogens is 372 g/mol. The molecule has 1 heterocycles. The van der Waals surface area contributed by atoms with Crippen LogP contribution in [0.5, 0.6) is 11.5 Å². The van der Waals surface area contributed by atoms with E-state index >= 15 is 0 Å². The second-order valence-electron chi connectivity index (χ2n) is 6.92. The maximum absolute atomic E-state index is 11.6. The van der Waals surface area contributed by atoms with Crippen molar-refractivity contribution in [2.45, 2.75) is 18.6 Å². The van der Waals surface area contributed by atoms with E-state index in [0.717, 1.165) is 16.9 Å². The fourth-order valence-corrected chi connectivity index (χ4v) is 3.12. The molecule has 1 atom stereocenters. The number of esters is 1. The molecule has 1 fully saturated rings. The SMILES string of the molecule is COC(=O)/C=C1/COC(COCc2ccccc2)(COc2ccc(OC)cc2)C1. The molecule has 1 aliphatic rings. The van der Waals surface area contributed by atoms with Crippen molar-refractivity contribution in [1.82, 2.24) is 0 Å². The third-order valence-electron chi connectivity index (χ3n) is 4.67. The molecular formula is C23H26O6.